The molecule has 0 aromatic heterocycles. The zero-order chi connectivity index (χ0) is 12.5. The van der Waals surface area contributed by atoms with Gasteiger partial charge in [-0.25, -0.2) is 0 Å². The lowest BCUT2D eigenvalue weighted by Gasteiger charge is -2.13. The third kappa shape index (κ3) is 2.76. The molecule has 2 rings (SSSR count). The van der Waals surface area contributed by atoms with Crippen molar-refractivity contribution in [2.75, 3.05) is 5.73 Å². The van der Waals surface area contributed by atoms with Gasteiger partial charge < -0.3 is 5.73 Å². The average molecular weight is 274 g/mol. The summed E-state index contributed by atoms with van der Waals surface area (Å²) < 4.78 is 38.5. The highest BCUT2D eigenvalue weighted by molar-refractivity contribution is 5.85. The molecular formula is C13H11ClF3N. The number of benzene rings is 2. The monoisotopic (exact) mass is 273 g/mol. The molecule has 0 aliphatic rings. The lowest BCUT2D eigenvalue weighted by molar-refractivity contribution is -0.137. The Balaban J connectivity index is 0.00000162. The number of alkyl halides is 3. The Morgan fingerprint density at radius 2 is 1.28 bits per heavy atom. The largest absolute Gasteiger partial charge is 0.417 e. The number of hydrogen-bond acceptors (Lipinski definition) is 1. The molecule has 0 unspecified atom stereocenters. The summed E-state index contributed by atoms with van der Waals surface area (Å²) in [6.45, 7) is 0. The maximum atomic E-state index is 12.8. The minimum absolute atomic E-state index is 0. The molecular weight excluding hydrogens is 263 g/mol. The molecule has 2 N–H and O–H groups in total. The third-order valence-electron chi connectivity index (χ3n) is 2.48. The van der Waals surface area contributed by atoms with E-state index in [-0.39, 0.29) is 18.0 Å². The Labute approximate surface area is 109 Å². The molecule has 2 aromatic rings. The fourth-order valence-corrected chi connectivity index (χ4v) is 1.71. The molecule has 0 amide bonds. The van der Waals surface area contributed by atoms with E-state index in [0.29, 0.717) is 11.3 Å². The molecule has 0 aliphatic heterocycles. The van der Waals surface area contributed by atoms with Crippen molar-refractivity contribution in [1.29, 1.82) is 0 Å². The number of nitrogen functional groups attached to an aromatic ring is 1. The lowest BCUT2D eigenvalue weighted by atomic mass is 9.98. The predicted molar refractivity (Wildman–Crippen MR) is 68.5 cm³/mol. The van der Waals surface area contributed by atoms with Gasteiger partial charge in [0.2, 0.25) is 0 Å². The molecule has 0 spiro atoms. The smallest absolute Gasteiger partial charge is 0.398 e. The van der Waals surface area contributed by atoms with Gasteiger partial charge in [-0.3, -0.25) is 0 Å². The Morgan fingerprint density at radius 3 is 1.83 bits per heavy atom. The zero-order valence-corrected chi connectivity index (χ0v) is 10.1. The van der Waals surface area contributed by atoms with E-state index < -0.39 is 11.7 Å². The molecule has 1 nitrogen and oxygen atoms in total. The van der Waals surface area contributed by atoms with E-state index in [0.717, 1.165) is 6.07 Å². The number of halogens is 4. The highest BCUT2D eigenvalue weighted by Gasteiger charge is 2.33. The van der Waals surface area contributed by atoms with Crippen LogP contribution in [0.2, 0.25) is 0 Å². The van der Waals surface area contributed by atoms with E-state index in [9.17, 15) is 13.2 Å². The maximum Gasteiger partial charge on any atom is 0.417 e. The number of hydrogen-bond donors (Lipinski definition) is 1. The van der Waals surface area contributed by atoms with Gasteiger partial charge >= 0.3 is 6.18 Å². The molecule has 2 aromatic carbocycles. The summed E-state index contributed by atoms with van der Waals surface area (Å²) in [5, 5.41) is 0. The first kappa shape index (κ1) is 14.4. The highest BCUT2D eigenvalue weighted by Crippen LogP contribution is 2.38. The minimum Gasteiger partial charge on any atom is -0.398 e. The Morgan fingerprint density at radius 1 is 0.778 bits per heavy atom. The first-order chi connectivity index (χ1) is 8.00. The average Bonchev–Trinajstić information content (AvgIpc) is 2.28. The third-order valence-corrected chi connectivity index (χ3v) is 2.48. The van der Waals surface area contributed by atoms with Gasteiger partial charge in [0.15, 0.2) is 0 Å². The van der Waals surface area contributed by atoms with Crippen LogP contribution in [0, 0.1) is 0 Å². The van der Waals surface area contributed by atoms with Crippen LogP contribution in [-0.2, 0) is 6.18 Å². The minimum atomic E-state index is -4.38. The van der Waals surface area contributed by atoms with Gasteiger partial charge in [0.1, 0.15) is 0 Å². The number of para-hydroxylation sites is 1. The van der Waals surface area contributed by atoms with Crippen molar-refractivity contribution < 1.29 is 13.2 Å². The summed E-state index contributed by atoms with van der Waals surface area (Å²) >= 11 is 0. The van der Waals surface area contributed by atoms with Crippen molar-refractivity contribution in [3.8, 4) is 11.1 Å². The van der Waals surface area contributed by atoms with Crippen LogP contribution in [0.5, 0.6) is 0 Å². The van der Waals surface area contributed by atoms with Gasteiger partial charge in [-0.2, -0.15) is 13.2 Å². The summed E-state index contributed by atoms with van der Waals surface area (Å²) in [6, 6.07) is 11.9. The van der Waals surface area contributed by atoms with Crippen molar-refractivity contribution in [2.24, 2.45) is 0 Å². The summed E-state index contributed by atoms with van der Waals surface area (Å²) in [6.07, 6.45) is -4.38. The highest BCUT2D eigenvalue weighted by atomic mass is 35.5. The van der Waals surface area contributed by atoms with E-state index in [1.165, 1.54) is 12.1 Å². The number of nitrogens with two attached hydrogens (primary N) is 1. The summed E-state index contributed by atoms with van der Waals surface area (Å²) in [4.78, 5) is 0. The molecule has 0 heterocycles. The fraction of sp³-hybridized carbons (Fsp3) is 0.0769. The lowest BCUT2D eigenvalue weighted by Crippen LogP contribution is -2.07. The second-order valence-corrected chi connectivity index (χ2v) is 3.63. The van der Waals surface area contributed by atoms with Gasteiger partial charge in [-0.1, -0.05) is 36.4 Å². The number of rotatable bonds is 1. The fourth-order valence-electron chi connectivity index (χ4n) is 1.71. The molecule has 0 fully saturated rings. The van der Waals surface area contributed by atoms with Gasteiger partial charge in [-0.15, -0.1) is 12.4 Å². The van der Waals surface area contributed by atoms with Crippen LogP contribution in [0.15, 0.2) is 48.5 Å². The predicted octanol–water partition coefficient (Wildman–Crippen LogP) is 4.38. The summed E-state index contributed by atoms with van der Waals surface area (Å²) in [7, 11) is 0. The van der Waals surface area contributed by atoms with E-state index in [4.69, 9.17) is 5.73 Å². The molecule has 0 aliphatic carbocycles. The normalized spacial score (nSPS) is 10.8. The number of anilines is 1. The van der Waals surface area contributed by atoms with Gasteiger partial charge in [0, 0.05) is 11.3 Å². The molecule has 0 saturated carbocycles. The molecule has 5 heteroatoms. The van der Waals surface area contributed by atoms with Crippen molar-refractivity contribution in [3.63, 3.8) is 0 Å². The van der Waals surface area contributed by atoms with Crippen molar-refractivity contribution in [3.05, 3.63) is 54.1 Å². The molecule has 96 valence electrons. The van der Waals surface area contributed by atoms with Gasteiger partial charge in [0.05, 0.1) is 5.56 Å². The van der Waals surface area contributed by atoms with Crippen LogP contribution in [0.4, 0.5) is 18.9 Å². The SMILES string of the molecule is Cl.Nc1ccccc1-c1ccccc1C(F)(F)F. The van der Waals surface area contributed by atoms with Gasteiger partial charge in [0.25, 0.3) is 0 Å². The summed E-state index contributed by atoms with van der Waals surface area (Å²) in [5.74, 6) is 0. The maximum absolute atomic E-state index is 12.8. The van der Waals surface area contributed by atoms with Crippen LogP contribution in [0.3, 0.4) is 0 Å². The molecule has 0 radical (unpaired) electrons. The van der Waals surface area contributed by atoms with Crippen LogP contribution in [0.25, 0.3) is 11.1 Å². The Kier molecular flexibility index (Phi) is 4.24. The zero-order valence-electron chi connectivity index (χ0n) is 9.24. The molecule has 0 atom stereocenters. The van der Waals surface area contributed by atoms with E-state index >= 15 is 0 Å². The van der Waals surface area contributed by atoms with Crippen LogP contribution < -0.4 is 5.73 Å². The second-order valence-electron chi connectivity index (χ2n) is 3.63. The molecule has 0 saturated heterocycles. The summed E-state index contributed by atoms with van der Waals surface area (Å²) in [5.41, 5.74) is 5.88. The van der Waals surface area contributed by atoms with E-state index in [1.54, 1.807) is 30.3 Å². The molecule has 18 heavy (non-hydrogen) atoms. The van der Waals surface area contributed by atoms with Crippen LogP contribution >= 0.6 is 12.4 Å². The van der Waals surface area contributed by atoms with E-state index in [1.807, 2.05) is 0 Å². The Bertz CT molecular complexity index is 538. The van der Waals surface area contributed by atoms with Crippen LogP contribution in [0.1, 0.15) is 5.56 Å². The quantitative estimate of drug-likeness (QED) is 0.767. The van der Waals surface area contributed by atoms with Crippen molar-refractivity contribution in [2.45, 2.75) is 6.18 Å². The van der Waals surface area contributed by atoms with E-state index in [2.05, 4.69) is 0 Å². The second kappa shape index (κ2) is 5.31. The Hall–Kier alpha value is -1.68. The molecule has 0 bridgehead atoms. The van der Waals surface area contributed by atoms with Crippen molar-refractivity contribution >= 4 is 18.1 Å². The first-order valence-electron chi connectivity index (χ1n) is 5.01. The van der Waals surface area contributed by atoms with Crippen LogP contribution in [-0.4, -0.2) is 0 Å². The topological polar surface area (TPSA) is 26.0 Å². The first-order valence-corrected chi connectivity index (χ1v) is 5.01. The standard InChI is InChI=1S/C13H10F3N.ClH/c14-13(15,16)11-7-3-1-5-9(11)10-6-2-4-8-12(10)17;/h1-8H,17H2;1H. The van der Waals surface area contributed by atoms with Gasteiger partial charge in [-0.05, 0) is 17.7 Å². The van der Waals surface area contributed by atoms with Crippen molar-refractivity contribution in [1.82, 2.24) is 0 Å².